The van der Waals surface area contributed by atoms with Crippen molar-refractivity contribution in [2.45, 2.75) is 12.7 Å². The zero-order valence-electron chi connectivity index (χ0n) is 8.25. The lowest BCUT2D eigenvalue weighted by Gasteiger charge is -2.10. The second-order valence-corrected chi connectivity index (χ2v) is 5.84. The molecule has 0 bridgehead atoms. The highest BCUT2D eigenvalue weighted by molar-refractivity contribution is 8.13. The molecule has 0 fully saturated rings. The summed E-state index contributed by atoms with van der Waals surface area (Å²) in [7, 11) is 2.67. The summed E-state index contributed by atoms with van der Waals surface area (Å²) in [6.45, 7) is 1.67. The van der Waals surface area contributed by atoms with Crippen LogP contribution in [0.25, 0.3) is 0 Å². The predicted molar refractivity (Wildman–Crippen MR) is 56.2 cm³/mol. The van der Waals surface area contributed by atoms with Crippen LogP contribution < -0.4 is 4.74 Å². The van der Waals surface area contributed by atoms with Crippen molar-refractivity contribution in [2.75, 3.05) is 7.11 Å². The normalized spacial score (nSPS) is 11.5. The predicted octanol–water partition coefficient (Wildman–Crippen LogP) is 2.21. The fourth-order valence-electron chi connectivity index (χ4n) is 1.27. The molecular weight excluding hydrogens is 243 g/mol. The number of rotatable bonds is 3. The standard InChI is InChI=1S/C9H10ClFO3S/c1-6-3-4-8(11)9(14-2)7(6)5-15(10,12)13/h3-4H,5H2,1-2H3. The highest BCUT2D eigenvalue weighted by Crippen LogP contribution is 2.28. The maximum atomic E-state index is 13.2. The fraction of sp³-hybridized carbons (Fsp3) is 0.333. The lowest BCUT2D eigenvalue weighted by atomic mass is 10.1. The molecule has 6 heteroatoms. The Kier molecular flexibility index (Phi) is 3.57. The van der Waals surface area contributed by atoms with Gasteiger partial charge in [0.2, 0.25) is 9.05 Å². The first-order valence-electron chi connectivity index (χ1n) is 4.09. The Morgan fingerprint density at radius 2 is 2.07 bits per heavy atom. The summed E-state index contributed by atoms with van der Waals surface area (Å²) < 4.78 is 39.9. The zero-order chi connectivity index (χ0) is 11.6. The topological polar surface area (TPSA) is 43.4 Å². The minimum atomic E-state index is -3.72. The summed E-state index contributed by atoms with van der Waals surface area (Å²) >= 11 is 0. The highest BCUT2D eigenvalue weighted by atomic mass is 35.7. The van der Waals surface area contributed by atoms with Crippen molar-refractivity contribution in [3.05, 3.63) is 29.1 Å². The van der Waals surface area contributed by atoms with Gasteiger partial charge in [0.25, 0.3) is 0 Å². The number of hydrogen-bond donors (Lipinski definition) is 0. The van der Waals surface area contributed by atoms with Crippen LogP contribution in [-0.4, -0.2) is 15.5 Å². The van der Waals surface area contributed by atoms with Crippen LogP contribution in [0.3, 0.4) is 0 Å². The third kappa shape index (κ3) is 3.07. The van der Waals surface area contributed by atoms with E-state index in [1.54, 1.807) is 6.92 Å². The van der Waals surface area contributed by atoms with Crippen molar-refractivity contribution in [1.82, 2.24) is 0 Å². The van der Waals surface area contributed by atoms with Gasteiger partial charge in [0.1, 0.15) is 0 Å². The summed E-state index contributed by atoms with van der Waals surface area (Å²) in [6, 6.07) is 2.70. The first-order valence-corrected chi connectivity index (χ1v) is 6.57. The summed E-state index contributed by atoms with van der Waals surface area (Å²) in [4.78, 5) is 0. The molecule has 0 aromatic heterocycles. The number of methoxy groups -OCH3 is 1. The molecule has 3 nitrogen and oxygen atoms in total. The molecule has 15 heavy (non-hydrogen) atoms. The van der Waals surface area contributed by atoms with Gasteiger partial charge in [-0.3, -0.25) is 0 Å². The van der Waals surface area contributed by atoms with Crippen LogP contribution in [0, 0.1) is 12.7 Å². The fourth-order valence-corrected chi connectivity index (χ4v) is 2.30. The number of hydrogen-bond acceptors (Lipinski definition) is 3. The Labute approximate surface area is 92.2 Å². The van der Waals surface area contributed by atoms with E-state index in [-0.39, 0.29) is 11.3 Å². The van der Waals surface area contributed by atoms with Gasteiger partial charge in [-0.05, 0) is 18.6 Å². The molecule has 0 atom stereocenters. The van der Waals surface area contributed by atoms with Crippen molar-refractivity contribution in [2.24, 2.45) is 0 Å². The zero-order valence-corrected chi connectivity index (χ0v) is 9.82. The van der Waals surface area contributed by atoms with Crippen molar-refractivity contribution in [1.29, 1.82) is 0 Å². The van der Waals surface area contributed by atoms with Gasteiger partial charge in [-0.1, -0.05) is 6.07 Å². The van der Waals surface area contributed by atoms with E-state index in [0.717, 1.165) is 0 Å². The second-order valence-electron chi connectivity index (χ2n) is 3.06. The number of halogens is 2. The Hall–Kier alpha value is -0.810. The largest absolute Gasteiger partial charge is 0.493 e. The molecule has 1 aromatic rings. The second kappa shape index (κ2) is 4.37. The first kappa shape index (κ1) is 12.3. The molecule has 0 amide bonds. The van der Waals surface area contributed by atoms with E-state index < -0.39 is 20.6 Å². The molecule has 0 aliphatic carbocycles. The van der Waals surface area contributed by atoms with E-state index in [9.17, 15) is 12.8 Å². The van der Waals surface area contributed by atoms with Gasteiger partial charge in [0, 0.05) is 16.2 Å². The van der Waals surface area contributed by atoms with E-state index in [4.69, 9.17) is 15.4 Å². The number of ether oxygens (including phenoxy) is 1. The lowest BCUT2D eigenvalue weighted by molar-refractivity contribution is 0.382. The van der Waals surface area contributed by atoms with Gasteiger partial charge in [0.15, 0.2) is 11.6 Å². The highest BCUT2D eigenvalue weighted by Gasteiger charge is 2.17. The number of aryl methyl sites for hydroxylation is 1. The van der Waals surface area contributed by atoms with Gasteiger partial charge in [-0.25, -0.2) is 12.8 Å². The summed E-state index contributed by atoms with van der Waals surface area (Å²) in [6.07, 6.45) is 0. The summed E-state index contributed by atoms with van der Waals surface area (Å²) in [5.74, 6) is -1.11. The van der Waals surface area contributed by atoms with Crippen molar-refractivity contribution in [3.63, 3.8) is 0 Å². The van der Waals surface area contributed by atoms with Crippen LogP contribution in [-0.2, 0) is 14.8 Å². The molecule has 0 N–H and O–H groups in total. The van der Waals surface area contributed by atoms with Crippen LogP contribution >= 0.6 is 10.7 Å². The van der Waals surface area contributed by atoms with Crippen LogP contribution in [0.2, 0.25) is 0 Å². The SMILES string of the molecule is COc1c(F)ccc(C)c1CS(=O)(=O)Cl. The summed E-state index contributed by atoms with van der Waals surface area (Å²) in [5.41, 5.74) is 0.880. The molecule has 0 aliphatic rings. The third-order valence-electron chi connectivity index (χ3n) is 1.97. The monoisotopic (exact) mass is 252 g/mol. The molecule has 0 spiro atoms. The molecule has 0 unspecified atom stereocenters. The van der Waals surface area contributed by atoms with E-state index >= 15 is 0 Å². The van der Waals surface area contributed by atoms with Crippen LogP contribution in [0.15, 0.2) is 12.1 Å². The lowest BCUT2D eigenvalue weighted by Crippen LogP contribution is -2.03. The van der Waals surface area contributed by atoms with Gasteiger partial charge < -0.3 is 4.74 Å². The Balaban J connectivity index is 3.32. The van der Waals surface area contributed by atoms with Crippen molar-refractivity contribution in [3.8, 4) is 5.75 Å². The third-order valence-corrected chi connectivity index (χ3v) is 2.93. The molecule has 1 aromatic carbocycles. The molecule has 1 rings (SSSR count). The van der Waals surface area contributed by atoms with Crippen LogP contribution in [0.4, 0.5) is 4.39 Å². The van der Waals surface area contributed by atoms with Crippen LogP contribution in [0.5, 0.6) is 5.75 Å². The van der Waals surface area contributed by atoms with Crippen molar-refractivity contribution >= 4 is 19.7 Å². The quantitative estimate of drug-likeness (QED) is 0.775. The first-order chi connectivity index (χ1) is 6.85. The average Bonchev–Trinajstić information content (AvgIpc) is 2.10. The average molecular weight is 253 g/mol. The molecule has 0 saturated heterocycles. The Bertz CT molecular complexity index is 470. The molecule has 0 radical (unpaired) electrons. The van der Waals surface area contributed by atoms with Crippen molar-refractivity contribution < 1.29 is 17.5 Å². The van der Waals surface area contributed by atoms with E-state index in [1.165, 1.54) is 19.2 Å². The van der Waals surface area contributed by atoms with E-state index in [1.807, 2.05) is 0 Å². The Morgan fingerprint density at radius 3 is 2.53 bits per heavy atom. The van der Waals surface area contributed by atoms with E-state index in [0.29, 0.717) is 5.56 Å². The molecule has 0 aliphatic heterocycles. The number of benzene rings is 1. The maximum absolute atomic E-state index is 13.2. The minimum Gasteiger partial charge on any atom is -0.493 e. The van der Waals surface area contributed by atoms with Crippen LogP contribution in [0.1, 0.15) is 11.1 Å². The van der Waals surface area contributed by atoms with Gasteiger partial charge in [-0.15, -0.1) is 0 Å². The molecule has 0 saturated carbocycles. The smallest absolute Gasteiger partial charge is 0.236 e. The molecular formula is C9H10ClFO3S. The van der Waals surface area contributed by atoms with Gasteiger partial charge in [0.05, 0.1) is 12.9 Å². The van der Waals surface area contributed by atoms with E-state index in [2.05, 4.69) is 0 Å². The minimum absolute atomic E-state index is 0.0702. The van der Waals surface area contributed by atoms with Gasteiger partial charge >= 0.3 is 0 Å². The Morgan fingerprint density at radius 1 is 1.47 bits per heavy atom. The molecule has 84 valence electrons. The summed E-state index contributed by atoms with van der Waals surface area (Å²) in [5, 5.41) is 0. The van der Waals surface area contributed by atoms with Gasteiger partial charge in [-0.2, -0.15) is 0 Å². The molecule has 0 heterocycles. The maximum Gasteiger partial charge on any atom is 0.236 e.